The number of hydrogen-bond acceptors (Lipinski definition) is 3. The van der Waals surface area contributed by atoms with Gasteiger partial charge in [0.15, 0.2) is 0 Å². The summed E-state index contributed by atoms with van der Waals surface area (Å²) in [4.78, 5) is 29.3. The third-order valence-electron chi connectivity index (χ3n) is 4.63. The largest absolute Gasteiger partial charge is 0.421 e. The first kappa shape index (κ1) is 19.1. The minimum absolute atomic E-state index is 0.136. The van der Waals surface area contributed by atoms with E-state index in [4.69, 9.17) is 0 Å². The molecule has 0 spiro atoms. The predicted octanol–water partition coefficient (Wildman–Crippen LogP) is 3.24. The van der Waals surface area contributed by atoms with Crippen molar-refractivity contribution in [1.82, 2.24) is 9.13 Å². The van der Waals surface area contributed by atoms with Crippen LogP contribution in [-0.4, -0.2) is 21.1 Å². The zero-order valence-electron chi connectivity index (χ0n) is 14.7. The van der Waals surface area contributed by atoms with Crippen LogP contribution >= 0.6 is 0 Å². The molecule has 2 aromatic heterocycles. The van der Waals surface area contributed by atoms with Crippen LogP contribution in [0.2, 0.25) is 0 Å². The Morgan fingerprint density at radius 2 is 1.81 bits per heavy atom. The summed E-state index contributed by atoms with van der Waals surface area (Å²) in [6.07, 6.45) is 3.21. The molecule has 144 valence electrons. The highest BCUT2D eigenvalue weighted by Gasteiger charge is 2.34. The van der Waals surface area contributed by atoms with Crippen LogP contribution in [0.4, 0.5) is 13.2 Å². The van der Waals surface area contributed by atoms with Gasteiger partial charge in [-0.15, -0.1) is 0 Å². The lowest BCUT2D eigenvalue weighted by Crippen LogP contribution is -2.35. The zero-order chi connectivity index (χ0) is 19.4. The lowest BCUT2D eigenvalue weighted by molar-refractivity contribution is -0.139. The van der Waals surface area contributed by atoms with E-state index in [-0.39, 0.29) is 6.04 Å². The van der Waals surface area contributed by atoms with E-state index in [1.807, 2.05) is 0 Å². The Morgan fingerprint density at radius 3 is 2.52 bits per heavy atom. The first-order valence-electron chi connectivity index (χ1n) is 8.87. The van der Waals surface area contributed by atoms with Crippen LogP contribution in [0.1, 0.15) is 42.5 Å². The van der Waals surface area contributed by atoms with Gasteiger partial charge in [0.05, 0.1) is 6.04 Å². The lowest BCUT2D eigenvalue weighted by Gasteiger charge is -2.18. The highest BCUT2D eigenvalue weighted by atomic mass is 19.4. The van der Waals surface area contributed by atoms with E-state index in [9.17, 15) is 22.8 Å². The zero-order valence-corrected chi connectivity index (χ0v) is 14.7. The van der Waals surface area contributed by atoms with Crippen LogP contribution in [0.3, 0.4) is 0 Å². The fourth-order valence-electron chi connectivity index (χ4n) is 3.25. The summed E-state index contributed by atoms with van der Waals surface area (Å²) in [5.41, 5.74) is -2.07. The Kier molecular flexibility index (Phi) is 5.62. The number of rotatable bonds is 3. The number of carbonyl (C=O) groups is 1. The Labute approximate surface area is 153 Å². The second-order valence-electron chi connectivity index (χ2n) is 6.60. The van der Waals surface area contributed by atoms with Crippen LogP contribution in [0.15, 0.2) is 52.5 Å². The number of pyridine rings is 2. The first-order chi connectivity index (χ1) is 12.9. The van der Waals surface area contributed by atoms with E-state index in [2.05, 4.69) is 4.99 Å². The molecule has 0 radical (unpaired) electrons. The quantitative estimate of drug-likeness (QED) is 0.822. The minimum Gasteiger partial charge on any atom is -0.306 e. The molecule has 5 nitrogen and oxygen atoms in total. The van der Waals surface area contributed by atoms with Gasteiger partial charge in [-0.1, -0.05) is 25.3 Å². The SMILES string of the molecule is O=C(Cn1cccc(C(F)(F)F)c1=O)n1ccccc1=NC1CCCCC1. The predicted molar refractivity (Wildman–Crippen MR) is 93.2 cm³/mol. The van der Waals surface area contributed by atoms with Crippen molar-refractivity contribution in [2.75, 3.05) is 0 Å². The average molecular weight is 379 g/mol. The Morgan fingerprint density at radius 1 is 1.07 bits per heavy atom. The highest BCUT2D eigenvalue weighted by Crippen LogP contribution is 2.26. The van der Waals surface area contributed by atoms with Crippen molar-refractivity contribution >= 4 is 5.91 Å². The van der Waals surface area contributed by atoms with Gasteiger partial charge < -0.3 is 4.57 Å². The first-order valence-corrected chi connectivity index (χ1v) is 8.87. The number of alkyl halides is 3. The third-order valence-corrected chi connectivity index (χ3v) is 4.63. The Hall–Kier alpha value is -2.64. The molecule has 27 heavy (non-hydrogen) atoms. The van der Waals surface area contributed by atoms with Gasteiger partial charge in [-0.2, -0.15) is 13.2 Å². The van der Waals surface area contributed by atoms with E-state index in [1.165, 1.54) is 23.4 Å². The van der Waals surface area contributed by atoms with Gasteiger partial charge in [0.25, 0.3) is 11.5 Å². The number of nitrogens with zero attached hydrogens (tertiary/aromatic N) is 3. The summed E-state index contributed by atoms with van der Waals surface area (Å²) in [5, 5.41) is 0. The van der Waals surface area contributed by atoms with Gasteiger partial charge in [-0.05, 0) is 37.1 Å². The molecule has 0 amide bonds. The second kappa shape index (κ2) is 7.94. The van der Waals surface area contributed by atoms with Crippen molar-refractivity contribution in [3.8, 4) is 0 Å². The van der Waals surface area contributed by atoms with E-state index in [1.54, 1.807) is 18.2 Å². The van der Waals surface area contributed by atoms with Crippen molar-refractivity contribution in [1.29, 1.82) is 0 Å². The van der Waals surface area contributed by atoms with Crippen LogP contribution in [0.5, 0.6) is 0 Å². The fourth-order valence-corrected chi connectivity index (χ4v) is 3.25. The molecule has 0 aliphatic heterocycles. The van der Waals surface area contributed by atoms with Crippen molar-refractivity contribution in [3.05, 3.63) is 64.1 Å². The smallest absolute Gasteiger partial charge is 0.306 e. The molecule has 1 aliphatic rings. The van der Waals surface area contributed by atoms with E-state index in [0.29, 0.717) is 11.6 Å². The van der Waals surface area contributed by atoms with Gasteiger partial charge in [0.2, 0.25) is 0 Å². The van der Waals surface area contributed by atoms with Crippen LogP contribution in [0, 0.1) is 0 Å². The van der Waals surface area contributed by atoms with Crippen molar-refractivity contribution in [2.24, 2.45) is 4.99 Å². The van der Waals surface area contributed by atoms with E-state index in [0.717, 1.165) is 36.3 Å². The number of aromatic nitrogens is 2. The molecular weight excluding hydrogens is 359 g/mol. The summed E-state index contributed by atoms with van der Waals surface area (Å²) in [7, 11) is 0. The van der Waals surface area contributed by atoms with Crippen LogP contribution in [-0.2, 0) is 12.7 Å². The number of hydrogen-bond donors (Lipinski definition) is 0. The van der Waals surface area contributed by atoms with Crippen LogP contribution in [0.25, 0.3) is 0 Å². The molecule has 0 N–H and O–H groups in total. The normalized spacial score (nSPS) is 16.5. The maximum absolute atomic E-state index is 12.9. The Bertz CT molecular complexity index is 938. The van der Waals surface area contributed by atoms with Gasteiger partial charge in [-0.25, -0.2) is 0 Å². The maximum atomic E-state index is 12.9. The van der Waals surface area contributed by atoms with Crippen molar-refractivity contribution < 1.29 is 18.0 Å². The molecule has 3 rings (SSSR count). The fraction of sp³-hybridized carbons (Fsp3) is 0.421. The Balaban J connectivity index is 1.90. The molecule has 8 heteroatoms. The second-order valence-corrected chi connectivity index (χ2v) is 6.60. The third kappa shape index (κ3) is 4.56. The molecule has 0 atom stereocenters. The summed E-state index contributed by atoms with van der Waals surface area (Å²) in [6, 6.07) is 7.05. The van der Waals surface area contributed by atoms with Crippen molar-refractivity contribution in [2.45, 2.75) is 50.9 Å². The molecule has 1 fully saturated rings. The number of halogens is 3. The molecule has 2 aromatic rings. The minimum atomic E-state index is -4.76. The van der Waals surface area contributed by atoms with Crippen LogP contribution < -0.4 is 11.0 Å². The lowest BCUT2D eigenvalue weighted by atomic mass is 9.96. The summed E-state index contributed by atoms with van der Waals surface area (Å²) in [5.74, 6) is -0.522. The van der Waals surface area contributed by atoms with Gasteiger partial charge in [0.1, 0.15) is 17.6 Å². The summed E-state index contributed by atoms with van der Waals surface area (Å²) < 4.78 is 40.8. The maximum Gasteiger partial charge on any atom is 0.421 e. The number of carbonyl (C=O) groups excluding carboxylic acids is 1. The molecule has 0 unspecified atom stereocenters. The van der Waals surface area contributed by atoms with Gasteiger partial charge in [-0.3, -0.25) is 19.1 Å². The molecule has 1 saturated carbocycles. The average Bonchev–Trinajstić information content (AvgIpc) is 2.64. The van der Waals surface area contributed by atoms with Crippen molar-refractivity contribution in [3.63, 3.8) is 0 Å². The molecule has 0 aromatic carbocycles. The standard InChI is InChI=1S/C19H20F3N3O2/c20-19(21,22)15-9-6-11-24(18(15)27)13-17(26)25-12-5-4-10-16(25)23-14-7-2-1-3-8-14/h4-6,9-12,14H,1-3,7-8,13H2. The molecule has 2 heterocycles. The van der Waals surface area contributed by atoms with Gasteiger partial charge in [0, 0.05) is 12.4 Å². The molecule has 1 aliphatic carbocycles. The molecule has 0 bridgehead atoms. The monoisotopic (exact) mass is 379 g/mol. The topological polar surface area (TPSA) is 56.4 Å². The highest BCUT2D eigenvalue weighted by molar-refractivity contribution is 5.78. The summed E-state index contributed by atoms with van der Waals surface area (Å²) >= 11 is 0. The van der Waals surface area contributed by atoms with E-state index < -0.39 is 29.8 Å². The van der Waals surface area contributed by atoms with E-state index >= 15 is 0 Å². The van der Waals surface area contributed by atoms with Gasteiger partial charge >= 0.3 is 6.18 Å². The molecule has 0 saturated heterocycles. The summed E-state index contributed by atoms with van der Waals surface area (Å²) in [6.45, 7) is -0.495. The molecular formula is C19H20F3N3O2.